The molecule has 15 heavy (non-hydrogen) atoms. The van der Waals surface area contributed by atoms with Crippen molar-refractivity contribution in [3.8, 4) is 0 Å². The number of carboxylic acid groups (broad SMARTS) is 2. The molecule has 0 heterocycles. The van der Waals surface area contributed by atoms with Crippen LogP contribution < -0.4 is 10.2 Å². The lowest BCUT2D eigenvalue weighted by atomic mass is 10.2. The molecular formula is C11H18O4-2. The van der Waals surface area contributed by atoms with Crippen molar-refractivity contribution in [3.63, 3.8) is 0 Å². The SMILES string of the molecule is C=C.C=CC.O=C([O-])CCCCC(=O)[O-]. The Morgan fingerprint density at radius 1 is 1.07 bits per heavy atom. The third kappa shape index (κ3) is 45.9. The molecule has 4 nitrogen and oxygen atoms in total. The van der Waals surface area contributed by atoms with Crippen molar-refractivity contribution in [2.24, 2.45) is 0 Å². The zero-order chi connectivity index (χ0) is 12.7. The lowest BCUT2D eigenvalue weighted by Crippen LogP contribution is -2.23. The van der Waals surface area contributed by atoms with Gasteiger partial charge in [0, 0.05) is 11.9 Å². The Balaban J connectivity index is -0.000000245. The van der Waals surface area contributed by atoms with Gasteiger partial charge in [0.15, 0.2) is 0 Å². The number of rotatable bonds is 5. The summed E-state index contributed by atoms with van der Waals surface area (Å²) in [5.74, 6) is -2.28. The van der Waals surface area contributed by atoms with E-state index in [0.29, 0.717) is 12.8 Å². The largest absolute Gasteiger partial charge is 0.550 e. The summed E-state index contributed by atoms with van der Waals surface area (Å²) in [6.07, 6.45) is 2.28. The smallest absolute Gasteiger partial charge is 0.0414 e. The van der Waals surface area contributed by atoms with Gasteiger partial charge in [-0.3, -0.25) is 0 Å². The highest BCUT2D eigenvalue weighted by Gasteiger charge is 1.89. The van der Waals surface area contributed by atoms with Crippen molar-refractivity contribution >= 4 is 11.9 Å². The molecular weight excluding hydrogens is 196 g/mol. The molecule has 0 amide bonds. The topological polar surface area (TPSA) is 80.3 Å². The first-order valence-electron chi connectivity index (χ1n) is 4.51. The highest BCUT2D eigenvalue weighted by atomic mass is 16.4. The Labute approximate surface area is 90.9 Å². The number of unbranched alkanes of at least 4 members (excludes halogenated alkanes) is 1. The van der Waals surface area contributed by atoms with E-state index in [1.807, 2.05) is 6.92 Å². The molecule has 0 spiro atoms. The Kier molecular flexibility index (Phi) is 23.2. The van der Waals surface area contributed by atoms with E-state index < -0.39 is 11.9 Å². The van der Waals surface area contributed by atoms with Crippen LogP contribution in [0.3, 0.4) is 0 Å². The molecule has 0 aromatic rings. The van der Waals surface area contributed by atoms with Crippen molar-refractivity contribution in [3.05, 3.63) is 25.8 Å². The van der Waals surface area contributed by atoms with Gasteiger partial charge in [0.25, 0.3) is 0 Å². The summed E-state index contributed by atoms with van der Waals surface area (Å²) in [4.78, 5) is 19.5. The fraction of sp³-hybridized carbons (Fsp3) is 0.455. The van der Waals surface area contributed by atoms with Gasteiger partial charge in [-0.15, -0.1) is 19.7 Å². The van der Waals surface area contributed by atoms with E-state index in [4.69, 9.17) is 0 Å². The summed E-state index contributed by atoms with van der Waals surface area (Å²) in [6, 6.07) is 0. The Morgan fingerprint density at radius 2 is 1.27 bits per heavy atom. The minimum atomic E-state index is -1.14. The molecule has 0 atom stereocenters. The lowest BCUT2D eigenvalue weighted by molar-refractivity contribution is -0.308. The van der Waals surface area contributed by atoms with Gasteiger partial charge in [0.1, 0.15) is 0 Å². The summed E-state index contributed by atoms with van der Waals surface area (Å²) >= 11 is 0. The number of carboxylic acids is 2. The average Bonchev–Trinajstić information content (AvgIpc) is 2.16. The van der Waals surface area contributed by atoms with Crippen LogP contribution in [0.4, 0.5) is 0 Å². The molecule has 88 valence electrons. The second-order valence-electron chi connectivity index (χ2n) is 2.36. The summed E-state index contributed by atoms with van der Waals surface area (Å²) < 4.78 is 0. The molecule has 0 N–H and O–H groups in total. The quantitative estimate of drug-likeness (QED) is 0.478. The molecule has 0 aliphatic heterocycles. The highest BCUT2D eigenvalue weighted by molar-refractivity contribution is 5.65. The zero-order valence-corrected chi connectivity index (χ0v) is 9.16. The van der Waals surface area contributed by atoms with Crippen LogP contribution in [0, 0.1) is 0 Å². The van der Waals surface area contributed by atoms with E-state index in [2.05, 4.69) is 19.7 Å². The minimum absolute atomic E-state index is 0.0761. The summed E-state index contributed by atoms with van der Waals surface area (Å²) in [7, 11) is 0. The van der Waals surface area contributed by atoms with Crippen LogP contribution in [0.2, 0.25) is 0 Å². The molecule has 0 unspecified atom stereocenters. The molecule has 0 saturated carbocycles. The van der Waals surface area contributed by atoms with Gasteiger partial charge in [0.2, 0.25) is 0 Å². The molecule has 4 heteroatoms. The fourth-order valence-electron chi connectivity index (χ4n) is 0.539. The lowest BCUT2D eigenvalue weighted by Gasteiger charge is -2.01. The van der Waals surface area contributed by atoms with E-state index >= 15 is 0 Å². The second kappa shape index (κ2) is 18.3. The molecule has 0 aliphatic rings. The van der Waals surface area contributed by atoms with Gasteiger partial charge < -0.3 is 19.8 Å². The molecule has 0 saturated heterocycles. The number of carbonyl (C=O) groups excluding carboxylic acids is 2. The van der Waals surface area contributed by atoms with Crippen molar-refractivity contribution < 1.29 is 19.8 Å². The predicted molar refractivity (Wildman–Crippen MR) is 55.6 cm³/mol. The van der Waals surface area contributed by atoms with E-state index in [-0.39, 0.29) is 12.8 Å². The number of aliphatic carboxylic acids is 2. The van der Waals surface area contributed by atoms with E-state index in [0.717, 1.165) is 0 Å². The van der Waals surface area contributed by atoms with Gasteiger partial charge in [0.05, 0.1) is 0 Å². The van der Waals surface area contributed by atoms with Gasteiger partial charge in [-0.1, -0.05) is 6.08 Å². The van der Waals surface area contributed by atoms with E-state index in [1.165, 1.54) is 0 Å². The Bertz CT molecular complexity index is 159. The van der Waals surface area contributed by atoms with Crippen molar-refractivity contribution in [2.45, 2.75) is 32.6 Å². The monoisotopic (exact) mass is 214 g/mol. The maximum atomic E-state index is 9.77. The zero-order valence-electron chi connectivity index (χ0n) is 9.16. The Morgan fingerprint density at radius 3 is 1.40 bits per heavy atom. The van der Waals surface area contributed by atoms with Crippen molar-refractivity contribution in [1.29, 1.82) is 0 Å². The fourth-order valence-corrected chi connectivity index (χ4v) is 0.539. The maximum Gasteiger partial charge on any atom is 0.0414 e. The van der Waals surface area contributed by atoms with Crippen LogP contribution in [-0.4, -0.2) is 11.9 Å². The van der Waals surface area contributed by atoms with Crippen LogP contribution >= 0.6 is 0 Å². The van der Waals surface area contributed by atoms with Crippen LogP contribution in [0.1, 0.15) is 32.6 Å². The molecule has 0 bridgehead atoms. The highest BCUT2D eigenvalue weighted by Crippen LogP contribution is 1.96. The van der Waals surface area contributed by atoms with Gasteiger partial charge in [-0.05, 0) is 32.6 Å². The third-order valence-corrected chi connectivity index (χ3v) is 1.01. The van der Waals surface area contributed by atoms with Gasteiger partial charge in [-0.25, -0.2) is 0 Å². The first-order valence-corrected chi connectivity index (χ1v) is 4.51. The van der Waals surface area contributed by atoms with E-state index in [9.17, 15) is 19.8 Å². The third-order valence-electron chi connectivity index (χ3n) is 1.01. The average molecular weight is 214 g/mol. The van der Waals surface area contributed by atoms with Gasteiger partial charge >= 0.3 is 0 Å². The summed E-state index contributed by atoms with van der Waals surface area (Å²) in [6.45, 7) is 11.2. The molecule has 0 aromatic heterocycles. The van der Waals surface area contributed by atoms with Crippen LogP contribution in [0.15, 0.2) is 25.8 Å². The Hall–Kier alpha value is -1.58. The van der Waals surface area contributed by atoms with Crippen LogP contribution in [-0.2, 0) is 9.59 Å². The summed E-state index contributed by atoms with van der Waals surface area (Å²) in [5.41, 5.74) is 0. The first kappa shape index (κ1) is 19.1. The number of hydrogen-bond donors (Lipinski definition) is 0. The first-order chi connectivity index (χ1) is 7.04. The number of carbonyl (C=O) groups is 2. The standard InChI is InChI=1S/C6H10O4.C3H6.C2H4/c7-5(8)3-1-2-4-6(9)10;1-3-2;1-2/h1-4H2,(H,7,8)(H,9,10);3H,1H2,2H3;1-2H2/p-2. The summed E-state index contributed by atoms with van der Waals surface area (Å²) in [5, 5.41) is 19.5. The molecule has 0 fully saturated rings. The maximum absolute atomic E-state index is 9.77. The predicted octanol–water partition coefficient (Wildman–Crippen LogP) is 0.0411. The molecule has 0 aliphatic carbocycles. The minimum Gasteiger partial charge on any atom is -0.550 e. The van der Waals surface area contributed by atoms with Crippen LogP contribution in [0.5, 0.6) is 0 Å². The molecule has 0 radical (unpaired) electrons. The normalized spacial score (nSPS) is 7.27. The van der Waals surface area contributed by atoms with Crippen molar-refractivity contribution in [2.75, 3.05) is 0 Å². The molecule has 0 rings (SSSR count). The second-order valence-corrected chi connectivity index (χ2v) is 2.36. The molecule has 0 aromatic carbocycles. The van der Waals surface area contributed by atoms with Crippen LogP contribution in [0.25, 0.3) is 0 Å². The van der Waals surface area contributed by atoms with Crippen molar-refractivity contribution in [1.82, 2.24) is 0 Å². The van der Waals surface area contributed by atoms with Gasteiger partial charge in [-0.2, -0.15) is 0 Å². The number of hydrogen-bond acceptors (Lipinski definition) is 4. The number of allylic oxidation sites excluding steroid dienone is 1. The van der Waals surface area contributed by atoms with E-state index in [1.54, 1.807) is 6.08 Å².